The summed E-state index contributed by atoms with van der Waals surface area (Å²) in [6, 6.07) is 9.71. The monoisotopic (exact) mass is 568 g/mol. The van der Waals surface area contributed by atoms with Gasteiger partial charge in [0.1, 0.15) is 12.4 Å². The summed E-state index contributed by atoms with van der Waals surface area (Å²) in [7, 11) is 0. The number of hydrogen-bond donors (Lipinski definition) is 1. The van der Waals surface area contributed by atoms with Crippen LogP contribution in [0.3, 0.4) is 0 Å². The topological polar surface area (TPSA) is 67.2 Å². The summed E-state index contributed by atoms with van der Waals surface area (Å²) in [6.45, 7) is 8.69. The molecule has 1 heterocycles. The Morgan fingerprint density at radius 2 is 1.52 bits per heavy atom. The quantitative estimate of drug-likeness (QED) is 0.312. The molecule has 0 saturated carbocycles. The van der Waals surface area contributed by atoms with E-state index in [9.17, 15) is 35.9 Å². The largest absolute Gasteiger partial charge is 0.416 e. The third kappa shape index (κ3) is 7.42. The Morgan fingerprint density at radius 1 is 0.925 bits per heavy atom. The van der Waals surface area contributed by atoms with Crippen LogP contribution in [0.15, 0.2) is 48.5 Å². The van der Waals surface area contributed by atoms with Gasteiger partial charge in [0.05, 0.1) is 22.5 Å². The van der Waals surface area contributed by atoms with Crippen LogP contribution >= 0.6 is 0 Å². The third-order valence-corrected chi connectivity index (χ3v) is 5.94. The Hall–Kier alpha value is -3.83. The van der Waals surface area contributed by atoms with Gasteiger partial charge in [-0.25, -0.2) is 4.68 Å². The molecule has 0 bridgehead atoms. The van der Waals surface area contributed by atoms with E-state index in [1.807, 2.05) is 45.9 Å². The molecule has 1 aromatic heterocycles. The average molecular weight is 569 g/mol. The number of nitrogens with zero attached hydrogens (tertiary/aromatic N) is 3. The molecule has 2 aromatic carbocycles. The van der Waals surface area contributed by atoms with Crippen molar-refractivity contribution in [2.24, 2.45) is 0 Å². The number of anilines is 1. The van der Waals surface area contributed by atoms with E-state index in [-0.39, 0.29) is 18.0 Å². The van der Waals surface area contributed by atoms with Crippen LogP contribution in [0.5, 0.6) is 0 Å². The predicted molar refractivity (Wildman–Crippen MR) is 138 cm³/mol. The summed E-state index contributed by atoms with van der Waals surface area (Å²) in [5, 5.41) is 7.31. The molecule has 3 rings (SSSR count). The first-order valence-electron chi connectivity index (χ1n) is 12.5. The van der Waals surface area contributed by atoms with Gasteiger partial charge >= 0.3 is 12.4 Å². The Morgan fingerprint density at radius 3 is 2.02 bits per heavy atom. The zero-order chi connectivity index (χ0) is 30.0. The fraction of sp³-hybridized carbons (Fsp3) is 0.393. The first-order valence-corrected chi connectivity index (χ1v) is 12.5. The lowest BCUT2D eigenvalue weighted by molar-refractivity contribution is -0.143. The van der Waals surface area contributed by atoms with E-state index in [1.165, 1.54) is 4.68 Å². The standard InChI is InChI=1S/C28H30F6N4O2/c1-6-10-37(25(40)18-12-19(27(29,30)31)14-20(13-18)28(32,33)34)16-24(39)35-23-15-22(26(3,4)5)36-38(23)21-9-7-8-17(2)11-21/h7-9,11-15H,6,10,16H2,1-5H3,(H,35,39). The average Bonchev–Trinajstić information content (AvgIpc) is 3.26. The van der Waals surface area contributed by atoms with Gasteiger partial charge in [-0.05, 0) is 49.2 Å². The van der Waals surface area contributed by atoms with E-state index in [2.05, 4.69) is 10.4 Å². The molecule has 0 unspecified atom stereocenters. The van der Waals surface area contributed by atoms with Crippen molar-refractivity contribution in [1.29, 1.82) is 0 Å². The molecule has 12 heteroatoms. The Kier molecular flexibility index (Phi) is 8.71. The second-order valence-corrected chi connectivity index (χ2v) is 10.5. The number of benzene rings is 2. The zero-order valence-corrected chi connectivity index (χ0v) is 22.7. The molecule has 0 aliphatic carbocycles. The van der Waals surface area contributed by atoms with Gasteiger partial charge in [0.2, 0.25) is 5.91 Å². The predicted octanol–water partition coefficient (Wildman–Crippen LogP) is 7.01. The van der Waals surface area contributed by atoms with Crippen LogP contribution in [-0.2, 0) is 22.6 Å². The van der Waals surface area contributed by atoms with Crippen LogP contribution in [0.25, 0.3) is 5.69 Å². The number of alkyl halides is 6. The third-order valence-electron chi connectivity index (χ3n) is 5.94. The minimum Gasteiger partial charge on any atom is -0.329 e. The highest BCUT2D eigenvalue weighted by Gasteiger charge is 2.38. The molecule has 40 heavy (non-hydrogen) atoms. The maximum atomic E-state index is 13.3. The van der Waals surface area contributed by atoms with Crippen molar-refractivity contribution < 1.29 is 35.9 Å². The van der Waals surface area contributed by atoms with Crippen molar-refractivity contribution in [3.05, 3.63) is 76.5 Å². The second kappa shape index (κ2) is 11.3. The normalized spacial score (nSPS) is 12.4. The Bertz CT molecular complexity index is 1350. The molecule has 2 amide bonds. The fourth-order valence-corrected chi connectivity index (χ4v) is 3.93. The van der Waals surface area contributed by atoms with Crippen molar-refractivity contribution in [1.82, 2.24) is 14.7 Å². The second-order valence-electron chi connectivity index (χ2n) is 10.5. The first-order chi connectivity index (χ1) is 18.4. The highest BCUT2D eigenvalue weighted by atomic mass is 19.4. The number of rotatable bonds is 7. The number of carbonyl (C=O) groups is 2. The molecule has 0 aliphatic heterocycles. The summed E-state index contributed by atoms with van der Waals surface area (Å²) >= 11 is 0. The van der Waals surface area contributed by atoms with Gasteiger partial charge in [0.25, 0.3) is 5.91 Å². The minimum atomic E-state index is -5.11. The van der Waals surface area contributed by atoms with Gasteiger partial charge in [0.15, 0.2) is 0 Å². The van der Waals surface area contributed by atoms with E-state index in [4.69, 9.17) is 0 Å². The summed E-state index contributed by atoms with van der Waals surface area (Å²) < 4.78 is 81.5. The Balaban J connectivity index is 1.94. The smallest absolute Gasteiger partial charge is 0.329 e. The van der Waals surface area contributed by atoms with Crippen molar-refractivity contribution in [3.8, 4) is 5.69 Å². The van der Waals surface area contributed by atoms with Gasteiger partial charge in [-0.3, -0.25) is 9.59 Å². The van der Waals surface area contributed by atoms with Crippen LogP contribution in [0, 0.1) is 6.92 Å². The molecular weight excluding hydrogens is 538 g/mol. The molecule has 1 N–H and O–H groups in total. The van der Waals surface area contributed by atoms with Gasteiger partial charge < -0.3 is 10.2 Å². The maximum absolute atomic E-state index is 13.3. The van der Waals surface area contributed by atoms with Crippen LogP contribution in [0.2, 0.25) is 0 Å². The number of aryl methyl sites for hydroxylation is 1. The van der Waals surface area contributed by atoms with Gasteiger partial charge in [0, 0.05) is 23.6 Å². The van der Waals surface area contributed by atoms with Crippen LogP contribution < -0.4 is 5.32 Å². The van der Waals surface area contributed by atoms with Gasteiger partial charge in [-0.2, -0.15) is 31.4 Å². The molecule has 3 aromatic rings. The lowest BCUT2D eigenvalue weighted by atomic mass is 9.92. The highest BCUT2D eigenvalue weighted by molar-refractivity contribution is 5.99. The van der Waals surface area contributed by atoms with E-state index >= 15 is 0 Å². The van der Waals surface area contributed by atoms with Gasteiger partial charge in [-0.15, -0.1) is 0 Å². The van der Waals surface area contributed by atoms with Crippen LogP contribution in [0.1, 0.15) is 66.9 Å². The zero-order valence-electron chi connectivity index (χ0n) is 22.7. The molecule has 0 saturated heterocycles. The van der Waals surface area contributed by atoms with E-state index in [0.29, 0.717) is 35.8 Å². The molecule has 6 nitrogen and oxygen atoms in total. The lowest BCUT2D eigenvalue weighted by Gasteiger charge is -2.23. The summed E-state index contributed by atoms with van der Waals surface area (Å²) in [6.07, 6.45) is -9.91. The SMILES string of the molecule is CCCN(CC(=O)Nc1cc(C(C)(C)C)nn1-c1cccc(C)c1)C(=O)c1cc(C(F)(F)F)cc(C(F)(F)F)c1. The lowest BCUT2D eigenvalue weighted by Crippen LogP contribution is -2.39. The summed E-state index contributed by atoms with van der Waals surface area (Å²) in [4.78, 5) is 27.1. The molecule has 0 aliphatic rings. The molecule has 0 fully saturated rings. The summed E-state index contributed by atoms with van der Waals surface area (Å²) in [5.41, 5.74) is -2.14. The highest BCUT2D eigenvalue weighted by Crippen LogP contribution is 2.36. The molecule has 0 atom stereocenters. The van der Waals surface area contributed by atoms with Crippen molar-refractivity contribution >= 4 is 17.6 Å². The fourth-order valence-electron chi connectivity index (χ4n) is 3.93. The van der Waals surface area contributed by atoms with Crippen molar-refractivity contribution in [3.63, 3.8) is 0 Å². The number of carbonyl (C=O) groups excluding carboxylic acids is 2. The number of halogens is 6. The first kappa shape index (κ1) is 30.7. The van der Waals surface area contributed by atoms with Crippen LogP contribution in [-0.4, -0.2) is 39.6 Å². The maximum Gasteiger partial charge on any atom is 0.416 e. The van der Waals surface area contributed by atoms with E-state index < -0.39 is 47.4 Å². The van der Waals surface area contributed by atoms with Crippen molar-refractivity contribution in [2.75, 3.05) is 18.4 Å². The number of aromatic nitrogens is 2. The molecule has 0 spiro atoms. The number of amides is 2. The van der Waals surface area contributed by atoms with Crippen molar-refractivity contribution in [2.45, 2.75) is 58.8 Å². The number of nitrogens with one attached hydrogen (secondary N) is 1. The molecular formula is C28H30F6N4O2. The Labute approximate surface area is 228 Å². The minimum absolute atomic E-state index is 0.0487. The van der Waals surface area contributed by atoms with E-state index in [0.717, 1.165) is 10.5 Å². The summed E-state index contributed by atoms with van der Waals surface area (Å²) in [5.74, 6) is -1.53. The molecule has 216 valence electrons. The van der Waals surface area contributed by atoms with Gasteiger partial charge in [-0.1, -0.05) is 39.8 Å². The van der Waals surface area contributed by atoms with E-state index in [1.54, 1.807) is 19.1 Å². The number of hydrogen-bond acceptors (Lipinski definition) is 3. The van der Waals surface area contributed by atoms with Crippen LogP contribution in [0.4, 0.5) is 32.2 Å². The molecule has 0 radical (unpaired) electrons.